The minimum absolute atomic E-state index is 0. The molecule has 0 saturated carbocycles. The third-order valence-corrected chi connectivity index (χ3v) is 4.11. The van der Waals surface area contributed by atoms with Crippen LogP contribution in [-0.2, 0) is 0 Å². The van der Waals surface area contributed by atoms with Crippen molar-refractivity contribution in [1.82, 2.24) is 10.4 Å². The molecule has 0 radical (unpaired) electrons. The van der Waals surface area contributed by atoms with E-state index in [-0.39, 0.29) is 53.7 Å². The van der Waals surface area contributed by atoms with Gasteiger partial charge in [-0.05, 0) is 58.0 Å². The van der Waals surface area contributed by atoms with Gasteiger partial charge in [-0.15, -0.1) is 37.2 Å². The quantitative estimate of drug-likeness (QED) is 0.515. The van der Waals surface area contributed by atoms with Crippen molar-refractivity contribution in [1.29, 1.82) is 0 Å². The summed E-state index contributed by atoms with van der Waals surface area (Å²) in [6.07, 6.45) is 0. The van der Waals surface area contributed by atoms with Crippen LogP contribution in [0.5, 0.6) is 0 Å². The van der Waals surface area contributed by atoms with E-state index < -0.39 is 11.4 Å². The number of nitrogens with zero attached hydrogens (tertiary/aromatic N) is 1. The summed E-state index contributed by atoms with van der Waals surface area (Å²) in [5.41, 5.74) is 3.82. The number of benzene rings is 2. The number of hydrogen-bond acceptors (Lipinski definition) is 2. The number of halogens is 5. The van der Waals surface area contributed by atoms with E-state index in [2.05, 4.69) is 5.43 Å². The molecule has 156 valence electrons. The van der Waals surface area contributed by atoms with E-state index in [1.165, 1.54) is 11.1 Å². The van der Waals surface area contributed by atoms with Gasteiger partial charge in [-0.2, -0.15) is 0 Å². The molecule has 9 heteroatoms. The van der Waals surface area contributed by atoms with Crippen LogP contribution in [0.25, 0.3) is 0 Å². The minimum Gasteiger partial charge on any atom is -0.267 e. The van der Waals surface area contributed by atoms with Crippen LogP contribution in [0, 0.1) is 6.92 Å². The average molecular weight is 489 g/mol. The Bertz CT molecular complexity index is 805. The van der Waals surface area contributed by atoms with Gasteiger partial charge >= 0.3 is 0 Å². The number of hydrogen-bond donors (Lipinski definition) is 1. The van der Waals surface area contributed by atoms with E-state index in [9.17, 15) is 9.59 Å². The summed E-state index contributed by atoms with van der Waals surface area (Å²) in [6, 6.07) is 11.7. The van der Waals surface area contributed by atoms with Crippen molar-refractivity contribution >= 4 is 72.2 Å². The molecule has 0 aliphatic heterocycles. The van der Waals surface area contributed by atoms with Gasteiger partial charge < -0.3 is 0 Å². The Morgan fingerprint density at radius 3 is 1.93 bits per heavy atom. The molecule has 1 N–H and O–H groups in total. The monoisotopic (exact) mass is 486 g/mol. The van der Waals surface area contributed by atoms with Crippen molar-refractivity contribution in [2.24, 2.45) is 0 Å². The van der Waals surface area contributed by atoms with Crippen LogP contribution in [0.2, 0.25) is 10.0 Å². The normalized spacial score (nSPS) is 9.93. The first-order chi connectivity index (χ1) is 11.6. The summed E-state index contributed by atoms with van der Waals surface area (Å²) >= 11 is 12.0. The molecule has 0 heterocycles. The summed E-state index contributed by atoms with van der Waals surface area (Å²) in [4.78, 5) is 25.5. The number of aryl methyl sites for hydroxylation is 1. The van der Waals surface area contributed by atoms with E-state index in [1.54, 1.807) is 24.3 Å². The van der Waals surface area contributed by atoms with Gasteiger partial charge in [0.1, 0.15) is 0 Å². The molecule has 0 aliphatic rings. The lowest BCUT2D eigenvalue weighted by Crippen LogP contribution is -2.55. The Balaban J connectivity index is 0. The van der Waals surface area contributed by atoms with E-state index >= 15 is 0 Å². The van der Waals surface area contributed by atoms with Gasteiger partial charge in [0.25, 0.3) is 11.8 Å². The van der Waals surface area contributed by atoms with Crippen LogP contribution >= 0.6 is 60.4 Å². The van der Waals surface area contributed by atoms with Crippen LogP contribution in [0.3, 0.4) is 0 Å². The Labute approximate surface area is 194 Å². The van der Waals surface area contributed by atoms with E-state index in [4.69, 9.17) is 23.2 Å². The van der Waals surface area contributed by atoms with Gasteiger partial charge in [0.2, 0.25) is 0 Å². The fraction of sp³-hybridized carbons (Fsp3) is 0.263. The molecule has 28 heavy (non-hydrogen) atoms. The molecule has 0 spiro atoms. The molecule has 0 saturated heterocycles. The van der Waals surface area contributed by atoms with Crippen LogP contribution in [0.1, 0.15) is 47.1 Å². The fourth-order valence-electron chi connectivity index (χ4n) is 2.18. The van der Waals surface area contributed by atoms with Crippen molar-refractivity contribution < 1.29 is 9.59 Å². The van der Waals surface area contributed by atoms with E-state index in [1.807, 2.05) is 39.8 Å². The molecule has 2 aromatic rings. The summed E-state index contributed by atoms with van der Waals surface area (Å²) < 4.78 is 0. The average Bonchev–Trinajstić information content (AvgIpc) is 2.51. The maximum Gasteiger partial charge on any atom is 0.274 e. The van der Waals surface area contributed by atoms with Crippen LogP contribution < -0.4 is 5.43 Å². The Kier molecular flexibility index (Phi) is 12.2. The van der Waals surface area contributed by atoms with Crippen molar-refractivity contribution in [3.63, 3.8) is 0 Å². The first-order valence-corrected chi connectivity index (χ1v) is 8.52. The zero-order valence-corrected chi connectivity index (χ0v) is 19.7. The predicted molar refractivity (Wildman–Crippen MR) is 123 cm³/mol. The molecular weight excluding hydrogens is 465 g/mol. The molecule has 4 nitrogen and oxygen atoms in total. The largest absolute Gasteiger partial charge is 0.274 e. The van der Waals surface area contributed by atoms with E-state index in [0.717, 1.165) is 5.56 Å². The predicted octanol–water partition coefficient (Wildman–Crippen LogP) is 6.15. The summed E-state index contributed by atoms with van der Waals surface area (Å²) in [5, 5.41) is 1.95. The van der Waals surface area contributed by atoms with Gasteiger partial charge in [0.15, 0.2) is 0 Å². The van der Waals surface area contributed by atoms with Crippen LogP contribution in [0.15, 0.2) is 42.5 Å². The molecule has 2 rings (SSSR count). The lowest BCUT2D eigenvalue weighted by molar-refractivity contribution is 0.0359. The molecule has 2 amide bonds. The summed E-state index contributed by atoms with van der Waals surface area (Å²) in [5.74, 6) is -0.775. The number of carbonyl (C=O) groups is 2. The first kappa shape index (κ1) is 29.0. The molecule has 0 unspecified atom stereocenters. The van der Waals surface area contributed by atoms with E-state index in [0.29, 0.717) is 10.6 Å². The maximum atomic E-state index is 12.9. The third-order valence-electron chi connectivity index (χ3n) is 3.56. The minimum atomic E-state index is -0.652. The molecule has 0 atom stereocenters. The van der Waals surface area contributed by atoms with Gasteiger partial charge in [0, 0.05) is 10.6 Å². The standard InChI is InChI=1S/C19H20Cl2N2O2.3ClH/c1-12-5-7-13(8-6-12)17(24)22-23(19(2,3)4)18(25)15-10-9-14(20)11-16(15)21;;;/h5-11H,1-4H3,(H,22,24);3*1H. The highest BCUT2D eigenvalue weighted by Crippen LogP contribution is 2.24. The molecule has 0 fully saturated rings. The maximum absolute atomic E-state index is 12.9. The first-order valence-electron chi connectivity index (χ1n) is 7.77. The molecule has 0 aliphatic carbocycles. The highest BCUT2D eigenvalue weighted by atomic mass is 35.5. The van der Waals surface area contributed by atoms with Crippen LogP contribution in [-0.4, -0.2) is 22.4 Å². The van der Waals surface area contributed by atoms with Crippen molar-refractivity contribution in [3.8, 4) is 0 Å². The van der Waals surface area contributed by atoms with Crippen molar-refractivity contribution in [3.05, 3.63) is 69.2 Å². The zero-order valence-electron chi connectivity index (χ0n) is 15.8. The number of amides is 2. The van der Waals surface area contributed by atoms with Crippen LogP contribution in [0.4, 0.5) is 0 Å². The van der Waals surface area contributed by atoms with Gasteiger partial charge in [-0.3, -0.25) is 15.0 Å². The van der Waals surface area contributed by atoms with Gasteiger partial charge in [0.05, 0.1) is 16.1 Å². The molecule has 0 aromatic heterocycles. The summed E-state index contributed by atoms with van der Waals surface area (Å²) in [6.45, 7) is 7.41. The fourth-order valence-corrected chi connectivity index (χ4v) is 2.67. The lowest BCUT2D eigenvalue weighted by atomic mass is 10.1. The highest BCUT2D eigenvalue weighted by molar-refractivity contribution is 6.36. The Morgan fingerprint density at radius 1 is 0.929 bits per heavy atom. The van der Waals surface area contributed by atoms with Crippen molar-refractivity contribution in [2.45, 2.75) is 33.2 Å². The second-order valence-corrected chi connectivity index (χ2v) is 7.59. The SMILES string of the molecule is Cc1ccc(C(=O)NN(C(=O)c2ccc(Cl)cc2Cl)C(C)(C)C)cc1.Cl.Cl.Cl. The third kappa shape index (κ3) is 7.34. The Morgan fingerprint density at radius 2 is 1.46 bits per heavy atom. The number of carbonyl (C=O) groups excluding carboxylic acids is 2. The molecule has 2 aromatic carbocycles. The second-order valence-electron chi connectivity index (χ2n) is 6.74. The van der Waals surface area contributed by atoms with Gasteiger partial charge in [-0.25, -0.2) is 5.01 Å². The topological polar surface area (TPSA) is 49.4 Å². The smallest absolute Gasteiger partial charge is 0.267 e. The lowest BCUT2D eigenvalue weighted by Gasteiger charge is -2.35. The number of hydrazine groups is 1. The Hall–Kier alpha value is -1.17. The molecular formula is C19H23Cl5N2O2. The highest BCUT2D eigenvalue weighted by Gasteiger charge is 2.30. The van der Waals surface area contributed by atoms with Crippen molar-refractivity contribution in [2.75, 3.05) is 0 Å². The molecule has 0 bridgehead atoms. The number of rotatable bonds is 2. The van der Waals surface area contributed by atoms with Gasteiger partial charge in [-0.1, -0.05) is 40.9 Å². The zero-order chi connectivity index (χ0) is 18.8. The number of nitrogens with one attached hydrogen (secondary N) is 1. The summed E-state index contributed by atoms with van der Waals surface area (Å²) in [7, 11) is 0. The second kappa shape index (κ2) is 11.7.